The molecule has 0 bridgehead atoms. The molecule has 2 amide bonds. The van der Waals surface area contributed by atoms with Crippen molar-refractivity contribution in [1.29, 1.82) is 0 Å². The van der Waals surface area contributed by atoms with Gasteiger partial charge >= 0.3 is 0 Å². The molecule has 0 atom stereocenters. The highest BCUT2D eigenvalue weighted by atomic mass is 32.1. The largest absolute Gasteiger partial charge is 0.334 e. The van der Waals surface area contributed by atoms with Gasteiger partial charge in [0.2, 0.25) is 11.8 Å². The maximum absolute atomic E-state index is 13.2. The van der Waals surface area contributed by atoms with E-state index < -0.39 is 0 Å². The third-order valence-corrected chi connectivity index (χ3v) is 5.50. The van der Waals surface area contributed by atoms with Crippen LogP contribution in [0.15, 0.2) is 35.7 Å². The van der Waals surface area contributed by atoms with Gasteiger partial charge in [-0.3, -0.25) is 9.59 Å². The minimum Gasteiger partial charge on any atom is -0.334 e. The molecular formula is C21H27FN2O2S. The summed E-state index contributed by atoms with van der Waals surface area (Å²) in [5.74, 6) is -0.489. The highest BCUT2D eigenvalue weighted by Gasteiger charge is 2.20. The molecule has 2 aromatic rings. The quantitative estimate of drug-likeness (QED) is 0.638. The van der Waals surface area contributed by atoms with Crippen molar-refractivity contribution in [1.82, 2.24) is 9.80 Å². The number of carbonyl (C=O) groups excluding carboxylic acids is 2. The molecule has 4 nitrogen and oxygen atoms in total. The molecule has 0 aliphatic heterocycles. The number of halogens is 1. The third kappa shape index (κ3) is 6.47. The van der Waals surface area contributed by atoms with E-state index >= 15 is 0 Å². The molecular weight excluding hydrogens is 363 g/mol. The van der Waals surface area contributed by atoms with Crippen LogP contribution in [0, 0.1) is 12.7 Å². The Hall–Kier alpha value is -2.21. The van der Waals surface area contributed by atoms with Crippen molar-refractivity contribution in [3.8, 4) is 0 Å². The molecule has 27 heavy (non-hydrogen) atoms. The summed E-state index contributed by atoms with van der Waals surface area (Å²) in [6, 6.07) is 8.21. The summed E-state index contributed by atoms with van der Waals surface area (Å²) in [5, 5.41) is 2.01. The zero-order valence-corrected chi connectivity index (χ0v) is 17.0. The molecule has 0 radical (unpaired) electrons. The van der Waals surface area contributed by atoms with E-state index in [2.05, 4.69) is 6.92 Å². The Balaban J connectivity index is 2.16. The first-order valence-corrected chi connectivity index (χ1v) is 10.1. The Kier molecular flexibility index (Phi) is 7.98. The van der Waals surface area contributed by atoms with Crippen molar-refractivity contribution in [3.63, 3.8) is 0 Å². The van der Waals surface area contributed by atoms with Gasteiger partial charge in [0.25, 0.3) is 0 Å². The van der Waals surface area contributed by atoms with Gasteiger partial charge in [0.1, 0.15) is 5.82 Å². The number of unbranched alkanes of at least 4 members (excludes halogenated alkanes) is 1. The Morgan fingerprint density at radius 3 is 2.33 bits per heavy atom. The molecule has 0 saturated heterocycles. The summed E-state index contributed by atoms with van der Waals surface area (Å²) in [6.45, 7) is 7.10. The lowest BCUT2D eigenvalue weighted by atomic mass is 10.2. The monoisotopic (exact) mass is 390 g/mol. The number of aryl methyl sites for hydroxylation is 1. The van der Waals surface area contributed by atoms with Crippen LogP contribution >= 0.6 is 11.3 Å². The van der Waals surface area contributed by atoms with Crippen molar-refractivity contribution < 1.29 is 14.0 Å². The average molecular weight is 391 g/mol. The number of rotatable bonds is 9. The van der Waals surface area contributed by atoms with Gasteiger partial charge in [-0.2, -0.15) is 0 Å². The van der Waals surface area contributed by atoms with Crippen LogP contribution in [0.4, 0.5) is 4.39 Å². The first kappa shape index (κ1) is 21.1. The second-order valence-electron chi connectivity index (χ2n) is 6.70. The Bertz CT molecular complexity index is 758. The van der Waals surface area contributed by atoms with Crippen LogP contribution in [0.1, 0.15) is 42.7 Å². The van der Waals surface area contributed by atoms with E-state index in [4.69, 9.17) is 0 Å². The normalized spacial score (nSPS) is 10.7. The van der Waals surface area contributed by atoms with Gasteiger partial charge in [0.05, 0.1) is 13.1 Å². The average Bonchev–Trinajstić information content (AvgIpc) is 3.04. The molecule has 1 heterocycles. The summed E-state index contributed by atoms with van der Waals surface area (Å²) in [5.41, 5.74) is 2.01. The summed E-state index contributed by atoms with van der Waals surface area (Å²) in [7, 11) is 0. The molecule has 0 fully saturated rings. The molecule has 0 aliphatic rings. The molecule has 0 N–H and O–H groups in total. The second-order valence-corrected chi connectivity index (χ2v) is 7.70. The molecule has 2 rings (SSSR count). The van der Waals surface area contributed by atoms with Gasteiger partial charge in [0.15, 0.2) is 0 Å². The fourth-order valence-electron chi connectivity index (χ4n) is 2.74. The van der Waals surface area contributed by atoms with Crippen molar-refractivity contribution in [3.05, 3.63) is 57.5 Å². The molecule has 6 heteroatoms. The summed E-state index contributed by atoms with van der Waals surface area (Å²) < 4.78 is 13.2. The smallest absolute Gasteiger partial charge is 0.242 e. The van der Waals surface area contributed by atoms with Gasteiger partial charge < -0.3 is 9.80 Å². The van der Waals surface area contributed by atoms with Gasteiger partial charge in [-0.25, -0.2) is 4.39 Å². The third-order valence-electron chi connectivity index (χ3n) is 4.50. The molecule has 0 spiro atoms. The minimum atomic E-state index is -0.298. The van der Waals surface area contributed by atoms with E-state index in [-0.39, 0.29) is 24.2 Å². The maximum atomic E-state index is 13.2. The van der Waals surface area contributed by atoms with E-state index in [1.165, 1.54) is 19.1 Å². The first-order chi connectivity index (χ1) is 12.9. The van der Waals surface area contributed by atoms with Gasteiger partial charge in [-0.15, -0.1) is 11.3 Å². The number of thiophene rings is 1. The summed E-state index contributed by atoms with van der Waals surface area (Å²) in [4.78, 5) is 29.3. The molecule has 1 aromatic heterocycles. The summed E-state index contributed by atoms with van der Waals surface area (Å²) in [6.07, 6.45) is 1.83. The van der Waals surface area contributed by atoms with Crippen molar-refractivity contribution >= 4 is 23.2 Å². The van der Waals surface area contributed by atoms with E-state index in [1.807, 2.05) is 18.4 Å². The number of hydrogen-bond donors (Lipinski definition) is 0. The molecule has 0 saturated carbocycles. The Morgan fingerprint density at radius 2 is 1.78 bits per heavy atom. The molecule has 1 aromatic carbocycles. The fourth-order valence-corrected chi connectivity index (χ4v) is 3.66. The number of nitrogens with zero attached hydrogens (tertiary/aromatic N) is 2. The molecule has 0 aliphatic carbocycles. The van der Waals surface area contributed by atoms with Crippen LogP contribution in [0.3, 0.4) is 0 Å². The van der Waals surface area contributed by atoms with Gasteiger partial charge in [0, 0.05) is 24.9 Å². The van der Waals surface area contributed by atoms with Crippen molar-refractivity contribution in [2.75, 3.05) is 13.1 Å². The molecule has 0 unspecified atom stereocenters. The van der Waals surface area contributed by atoms with E-state index in [0.717, 1.165) is 28.8 Å². The van der Waals surface area contributed by atoms with E-state index in [9.17, 15) is 14.0 Å². The van der Waals surface area contributed by atoms with Crippen molar-refractivity contribution in [2.45, 2.75) is 46.7 Å². The lowest BCUT2D eigenvalue weighted by Gasteiger charge is -2.27. The zero-order chi connectivity index (χ0) is 19.8. The summed E-state index contributed by atoms with van der Waals surface area (Å²) >= 11 is 1.61. The van der Waals surface area contributed by atoms with Gasteiger partial charge in [-0.1, -0.05) is 25.5 Å². The van der Waals surface area contributed by atoms with Crippen LogP contribution in [0.25, 0.3) is 0 Å². The first-order valence-electron chi connectivity index (χ1n) is 9.21. The maximum Gasteiger partial charge on any atom is 0.242 e. The number of amides is 2. The van der Waals surface area contributed by atoms with E-state index in [0.29, 0.717) is 19.6 Å². The van der Waals surface area contributed by atoms with Crippen LogP contribution < -0.4 is 0 Å². The van der Waals surface area contributed by atoms with Crippen LogP contribution in [-0.2, 0) is 22.7 Å². The Labute approximate surface area is 164 Å². The minimum absolute atomic E-state index is 0.0704. The Morgan fingerprint density at radius 1 is 1.07 bits per heavy atom. The standard InChI is InChI=1S/C21H27FN2O2S/c1-4-5-11-23(17(3)25)15-21(26)24(14-20-16(2)10-12-27-20)13-18-6-8-19(22)9-7-18/h6-10,12H,4-5,11,13-15H2,1-3H3. The van der Waals surface area contributed by atoms with Crippen LogP contribution in [0.2, 0.25) is 0 Å². The highest BCUT2D eigenvalue weighted by Crippen LogP contribution is 2.20. The van der Waals surface area contributed by atoms with Gasteiger partial charge in [-0.05, 0) is 48.1 Å². The fraction of sp³-hybridized carbons (Fsp3) is 0.429. The predicted octanol–water partition coefficient (Wildman–Crippen LogP) is 4.37. The van der Waals surface area contributed by atoms with Crippen LogP contribution in [-0.4, -0.2) is 34.7 Å². The van der Waals surface area contributed by atoms with Crippen molar-refractivity contribution in [2.24, 2.45) is 0 Å². The zero-order valence-electron chi connectivity index (χ0n) is 16.2. The predicted molar refractivity (Wildman–Crippen MR) is 107 cm³/mol. The highest BCUT2D eigenvalue weighted by molar-refractivity contribution is 7.10. The SMILES string of the molecule is CCCCN(CC(=O)N(Cc1ccc(F)cc1)Cc1sccc1C)C(C)=O. The number of hydrogen-bond acceptors (Lipinski definition) is 3. The second kappa shape index (κ2) is 10.2. The lowest BCUT2D eigenvalue weighted by Crippen LogP contribution is -2.42. The number of benzene rings is 1. The lowest BCUT2D eigenvalue weighted by molar-refractivity contribution is -0.140. The number of carbonyl (C=O) groups is 2. The topological polar surface area (TPSA) is 40.6 Å². The van der Waals surface area contributed by atoms with E-state index in [1.54, 1.807) is 33.3 Å². The molecule has 146 valence electrons. The van der Waals surface area contributed by atoms with Crippen LogP contribution in [0.5, 0.6) is 0 Å².